The second-order valence-corrected chi connectivity index (χ2v) is 8.84. The van der Waals surface area contributed by atoms with Gasteiger partial charge < -0.3 is 20.9 Å². The van der Waals surface area contributed by atoms with E-state index in [1.807, 2.05) is 0 Å². The molecule has 0 radical (unpaired) electrons. The molecule has 6 nitrogen and oxygen atoms in total. The molecule has 0 unspecified atom stereocenters. The average Bonchev–Trinajstić information content (AvgIpc) is 2.76. The first-order valence-corrected chi connectivity index (χ1v) is 9.03. The van der Waals surface area contributed by atoms with E-state index < -0.39 is 18.6 Å². The number of carboxylic acid groups (broad SMARTS) is 1. The van der Waals surface area contributed by atoms with Crippen LogP contribution in [-0.2, 0) is 4.79 Å². The molecule has 1 aliphatic heterocycles. The first-order chi connectivity index (χ1) is 11.2. The van der Waals surface area contributed by atoms with Crippen molar-refractivity contribution in [2.24, 2.45) is 17.1 Å². The third-order valence-corrected chi connectivity index (χ3v) is 6.05. The van der Waals surface area contributed by atoms with Crippen LogP contribution in [0.2, 0.25) is 6.32 Å². The Balaban J connectivity index is 3.03. The smallest absolute Gasteiger partial charge is 0.451 e. The van der Waals surface area contributed by atoms with E-state index >= 15 is 0 Å². The molecule has 0 amide bonds. The number of hydrogen-bond donors (Lipinski definition) is 4. The molecule has 1 heterocycles. The fourth-order valence-electron chi connectivity index (χ4n) is 3.81. The summed E-state index contributed by atoms with van der Waals surface area (Å²) < 4.78 is 0. The summed E-state index contributed by atoms with van der Waals surface area (Å²) in [6.45, 7) is 13.6. The van der Waals surface area contributed by atoms with E-state index in [0.717, 1.165) is 0 Å². The molecule has 0 aromatic carbocycles. The summed E-state index contributed by atoms with van der Waals surface area (Å²) in [5.74, 6) is -1.20. The molecular weight excluding hydrogens is 319 g/mol. The van der Waals surface area contributed by atoms with Crippen LogP contribution in [-0.4, -0.2) is 57.3 Å². The maximum atomic E-state index is 11.9. The number of likely N-dealkylation sites (tertiary alicyclic amines) is 1. The number of hydrogen-bond acceptors (Lipinski definition) is 5. The molecule has 7 heteroatoms. The number of carbonyl (C=O) groups is 1. The van der Waals surface area contributed by atoms with E-state index in [2.05, 4.69) is 52.5 Å². The van der Waals surface area contributed by atoms with Crippen molar-refractivity contribution in [1.82, 2.24) is 4.90 Å². The fourth-order valence-corrected chi connectivity index (χ4v) is 3.81. The Bertz CT molecular complexity index is 515. The van der Waals surface area contributed by atoms with E-state index in [1.165, 1.54) is 5.57 Å². The second kappa shape index (κ2) is 7.78. The summed E-state index contributed by atoms with van der Waals surface area (Å²) in [5, 5.41) is 27.8. The van der Waals surface area contributed by atoms with Crippen molar-refractivity contribution < 1.29 is 19.9 Å². The Morgan fingerprint density at radius 2 is 1.88 bits per heavy atom. The van der Waals surface area contributed by atoms with Crippen LogP contribution < -0.4 is 5.73 Å². The number of rotatable bonds is 8. The van der Waals surface area contributed by atoms with Crippen LogP contribution in [0.25, 0.3) is 0 Å². The Labute approximate surface area is 152 Å². The summed E-state index contributed by atoms with van der Waals surface area (Å²) in [6.07, 6.45) is 3.57. The SMILES string of the molecule is CC(C)=CC(C)(C)C(C)(C)N1C[C@H](CCCB(O)O)[C@](N)(C(=O)O)C1. The van der Waals surface area contributed by atoms with Crippen LogP contribution in [0.5, 0.6) is 0 Å². The predicted molar refractivity (Wildman–Crippen MR) is 101 cm³/mol. The average molecular weight is 354 g/mol. The number of allylic oxidation sites excluding steroid dienone is 1. The van der Waals surface area contributed by atoms with Gasteiger partial charge in [0.2, 0.25) is 0 Å². The number of carboxylic acids is 1. The van der Waals surface area contributed by atoms with Gasteiger partial charge in [0.05, 0.1) is 0 Å². The van der Waals surface area contributed by atoms with Gasteiger partial charge in [0.1, 0.15) is 5.54 Å². The molecule has 0 bridgehead atoms. The van der Waals surface area contributed by atoms with Crippen molar-refractivity contribution in [3.63, 3.8) is 0 Å². The molecule has 0 saturated carbocycles. The summed E-state index contributed by atoms with van der Waals surface area (Å²) >= 11 is 0. The lowest BCUT2D eigenvalue weighted by atomic mass is 9.72. The predicted octanol–water partition coefficient (Wildman–Crippen LogP) is 1.72. The lowest BCUT2D eigenvalue weighted by molar-refractivity contribution is -0.144. The van der Waals surface area contributed by atoms with Crippen molar-refractivity contribution in [1.29, 1.82) is 0 Å². The van der Waals surface area contributed by atoms with Crippen molar-refractivity contribution in [2.45, 2.75) is 71.8 Å². The van der Waals surface area contributed by atoms with Crippen LogP contribution >= 0.6 is 0 Å². The monoisotopic (exact) mass is 354 g/mol. The minimum atomic E-state index is -1.36. The standard InChI is InChI=1S/C18H35BN2O4/c1-13(2)10-16(3,4)17(5,6)21-11-14(8-7-9-19(24)25)18(20,12-21)15(22)23/h10,14,24-25H,7-9,11-12,20H2,1-6H3,(H,22,23)/t14-,18-/m0/s1. The van der Waals surface area contributed by atoms with Crippen LogP contribution in [0.3, 0.4) is 0 Å². The van der Waals surface area contributed by atoms with E-state index in [-0.39, 0.29) is 23.2 Å². The Morgan fingerprint density at radius 1 is 1.32 bits per heavy atom. The van der Waals surface area contributed by atoms with E-state index in [9.17, 15) is 9.90 Å². The molecular formula is C18H35BN2O4. The highest BCUT2D eigenvalue weighted by Crippen LogP contribution is 2.43. The third kappa shape index (κ3) is 4.85. The minimum Gasteiger partial charge on any atom is -0.480 e. The number of nitrogens with two attached hydrogens (primary N) is 1. The van der Waals surface area contributed by atoms with Gasteiger partial charge in [-0.05, 0) is 40.4 Å². The van der Waals surface area contributed by atoms with Crippen molar-refractivity contribution in [3.05, 3.63) is 11.6 Å². The maximum absolute atomic E-state index is 11.9. The van der Waals surface area contributed by atoms with Gasteiger partial charge in [0, 0.05) is 30.0 Å². The van der Waals surface area contributed by atoms with E-state index in [0.29, 0.717) is 25.9 Å². The highest BCUT2D eigenvalue weighted by Gasteiger charge is 2.54. The molecule has 144 valence electrons. The van der Waals surface area contributed by atoms with Crippen LogP contribution in [0.1, 0.15) is 54.4 Å². The Morgan fingerprint density at radius 3 is 2.32 bits per heavy atom. The highest BCUT2D eigenvalue weighted by molar-refractivity contribution is 6.40. The molecule has 2 atom stereocenters. The van der Waals surface area contributed by atoms with Gasteiger partial charge in [-0.3, -0.25) is 9.69 Å². The molecule has 1 saturated heterocycles. The zero-order valence-electron chi connectivity index (χ0n) is 16.5. The van der Waals surface area contributed by atoms with Crippen LogP contribution in [0.15, 0.2) is 11.6 Å². The third-order valence-electron chi connectivity index (χ3n) is 6.05. The maximum Gasteiger partial charge on any atom is 0.451 e. The summed E-state index contributed by atoms with van der Waals surface area (Å²) in [6, 6.07) is 0. The first kappa shape index (κ1) is 22.2. The zero-order chi connectivity index (χ0) is 19.6. The van der Waals surface area contributed by atoms with Crippen molar-refractivity contribution in [2.75, 3.05) is 13.1 Å². The molecule has 5 N–H and O–H groups in total. The van der Waals surface area contributed by atoms with E-state index in [4.69, 9.17) is 15.8 Å². The lowest BCUT2D eigenvalue weighted by Crippen LogP contribution is -2.58. The first-order valence-electron chi connectivity index (χ1n) is 9.03. The van der Waals surface area contributed by atoms with Crippen LogP contribution in [0.4, 0.5) is 0 Å². The van der Waals surface area contributed by atoms with Gasteiger partial charge in [0.15, 0.2) is 0 Å². The second-order valence-electron chi connectivity index (χ2n) is 8.84. The van der Waals surface area contributed by atoms with Crippen molar-refractivity contribution in [3.8, 4) is 0 Å². The van der Waals surface area contributed by atoms with Crippen molar-refractivity contribution >= 4 is 13.1 Å². The Kier molecular flexibility index (Phi) is 6.90. The molecule has 0 aliphatic carbocycles. The minimum absolute atomic E-state index is 0.151. The fraction of sp³-hybridized carbons (Fsp3) is 0.833. The van der Waals surface area contributed by atoms with Gasteiger partial charge in [-0.2, -0.15) is 0 Å². The van der Waals surface area contributed by atoms with Crippen LogP contribution in [0, 0.1) is 11.3 Å². The molecule has 1 rings (SSSR count). The highest BCUT2D eigenvalue weighted by atomic mass is 16.4. The summed E-state index contributed by atoms with van der Waals surface area (Å²) in [4.78, 5) is 14.0. The van der Waals surface area contributed by atoms with Gasteiger partial charge >= 0.3 is 13.1 Å². The van der Waals surface area contributed by atoms with Gasteiger partial charge in [-0.25, -0.2) is 0 Å². The topological polar surface area (TPSA) is 107 Å². The summed E-state index contributed by atoms with van der Waals surface area (Å²) in [7, 11) is -1.36. The quantitative estimate of drug-likeness (QED) is 0.391. The largest absolute Gasteiger partial charge is 0.480 e. The molecule has 1 aliphatic rings. The summed E-state index contributed by atoms with van der Waals surface area (Å²) in [5.41, 5.74) is 5.81. The van der Waals surface area contributed by atoms with Gasteiger partial charge in [-0.15, -0.1) is 0 Å². The Hall–Kier alpha value is -0.885. The number of aliphatic carboxylic acids is 1. The molecule has 25 heavy (non-hydrogen) atoms. The molecule has 1 fully saturated rings. The molecule has 0 aromatic rings. The van der Waals surface area contributed by atoms with E-state index in [1.54, 1.807) is 0 Å². The van der Waals surface area contributed by atoms with Gasteiger partial charge in [0.25, 0.3) is 0 Å². The lowest BCUT2D eigenvalue weighted by Gasteiger charge is -2.47. The number of nitrogens with zero attached hydrogens (tertiary/aromatic N) is 1. The molecule has 0 spiro atoms. The zero-order valence-corrected chi connectivity index (χ0v) is 16.5. The van der Waals surface area contributed by atoms with Gasteiger partial charge in [-0.1, -0.05) is 31.9 Å². The normalized spacial score (nSPS) is 25.1. The molecule has 0 aromatic heterocycles.